The van der Waals surface area contributed by atoms with Crippen molar-refractivity contribution in [3.8, 4) is 11.5 Å². The van der Waals surface area contributed by atoms with Crippen LogP contribution in [-0.4, -0.2) is 38.2 Å². The van der Waals surface area contributed by atoms with Crippen LogP contribution < -0.4 is 4.74 Å². The van der Waals surface area contributed by atoms with Crippen LogP contribution in [0.3, 0.4) is 0 Å². The lowest BCUT2D eigenvalue weighted by Gasteiger charge is -2.13. The van der Waals surface area contributed by atoms with Crippen molar-refractivity contribution in [1.82, 2.24) is 0 Å². The summed E-state index contributed by atoms with van der Waals surface area (Å²) in [6, 6.07) is 8.53. The maximum atomic E-state index is 11.3. The molecule has 10 nitrogen and oxygen atoms in total. The van der Waals surface area contributed by atoms with Gasteiger partial charge in [0.2, 0.25) is 0 Å². The molecule has 3 aromatic carbocycles. The second-order valence-corrected chi connectivity index (χ2v) is 8.94. The Morgan fingerprint density at radius 2 is 1.56 bits per heavy atom. The van der Waals surface area contributed by atoms with E-state index in [0.29, 0.717) is 10.8 Å². The predicted octanol–water partition coefficient (Wildman–Crippen LogP) is 3.99. The fourth-order valence-corrected chi connectivity index (χ4v) is 4.02. The summed E-state index contributed by atoms with van der Waals surface area (Å²) in [4.78, 5) is -0.895. The highest BCUT2D eigenvalue weighted by molar-refractivity contribution is 7.86. The molecule has 32 heavy (non-hydrogen) atoms. The number of phenols is 1. The van der Waals surface area contributed by atoms with E-state index in [9.17, 15) is 31.0 Å². The van der Waals surface area contributed by atoms with Crippen LogP contribution in [0.2, 0.25) is 0 Å². The molecule has 3 rings (SSSR count). The number of rotatable bonds is 5. The van der Waals surface area contributed by atoms with Crippen LogP contribution in [0.5, 0.6) is 11.5 Å². The molecular formula is C20H20N2O8S2. The molecule has 0 aliphatic rings. The molecule has 170 valence electrons. The molecule has 1 N–H and O–H groups in total. The normalized spacial score (nSPS) is 11.8. The van der Waals surface area contributed by atoms with Crippen molar-refractivity contribution in [3.63, 3.8) is 0 Å². The summed E-state index contributed by atoms with van der Waals surface area (Å²) in [5, 5.41) is 18.8. The first-order valence-corrected chi connectivity index (χ1v) is 11.0. The second-order valence-electron chi connectivity index (χ2n) is 6.21. The zero-order valence-electron chi connectivity index (χ0n) is 17.6. The number of phenolic OH excluding ortho intramolecular Hbond substituents is 1. The molecule has 0 aliphatic heterocycles. The van der Waals surface area contributed by atoms with Gasteiger partial charge in [-0.2, -0.15) is 0 Å². The molecule has 0 saturated heterocycles. The molecule has 0 saturated carbocycles. The minimum Gasteiger partial charge on any atom is -0.744 e. The first-order valence-electron chi connectivity index (χ1n) is 8.19. The summed E-state index contributed by atoms with van der Waals surface area (Å²) in [6.45, 7) is 1.41. The van der Waals surface area contributed by atoms with E-state index in [1.807, 2.05) is 0 Å². The Morgan fingerprint density at radius 1 is 0.906 bits per heavy atom. The van der Waals surface area contributed by atoms with Crippen molar-refractivity contribution in [2.75, 3.05) is 7.11 Å². The van der Waals surface area contributed by atoms with Gasteiger partial charge in [0.25, 0.3) is 0 Å². The Hall–Kier alpha value is -3.32. The fourth-order valence-electron chi connectivity index (χ4n) is 2.81. The van der Waals surface area contributed by atoms with Crippen LogP contribution in [0.1, 0.15) is 5.56 Å². The molecule has 0 spiro atoms. The fraction of sp³-hybridized carbons (Fsp3) is 0.100. The SMILES string of the molecule is COc1cc(S(=O)(=O)[O-])c(C)cc1N=Nc1c(O)ccc2cc(S(=O)(=O)[O-])ccc12.[CH3+].[CH3+]. The Balaban J connectivity index is 0.00000256. The van der Waals surface area contributed by atoms with E-state index >= 15 is 0 Å². The summed E-state index contributed by atoms with van der Waals surface area (Å²) in [7, 11) is -8.12. The Bertz CT molecular complexity index is 1400. The van der Waals surface area contributed by atoms with Crippen LogP contribution in [-0.2, 0) is 20.2 Å². The highest BCUT2D eigenvalue weighted by atomic mass is 32.2. The summed E-state index contributed by atoms with van der Waals surface area (Å²) in [5.74, 6) is -0.295. The van der Waals surface area contributed by atoms with Crippen molar-refractivity contribution in [2.45, 2.75) is 16.7 Å². The molecule has 0 bridgehead atoms. The molecule has 0 aliphatic carbocycles. The second kappa shape index (κ2) is 9.44. The largest absolute Gasteiger partial charge is 0.744 e. The number of benzene rings is 3. The molecule has 0 aromatic heterocycles. The van der Waals surface area contributed by atoms with Gasteiger partial charge < -0.3 is 18.9 Å². The lowest BCUT2D eigenvalue weighted by molar-refractivity contribution is 0.413. The smallest absolute Gasteiger partial charge is 0.147 e. The van der Waals surface area contributed by atoms with E-state index in [0.717, 1.165) is 18.2 Å². The van der Waals surface area contributed by atoms with Crippen molar-refractivity contribution in [2.24, 2.45) is 10.2 Å². The minimum atomic E-state index is -4.72. The van der Waals surface area contributed by atoms with Crippen molar-refractivity contribution < 1.29 is 35.8 Å². The third kappa shape index (κ3) is 5.29. The van der Waals surface area contributed by atoms with E-state index < -0.39 is 30.0 Å². The summed E-state index contributed by atoms with van der Waals surface area (Å²) in [6.07, 6.45) is 0. The van der Waals surface area contributed by atoms with E-state index in [1.165, 1.54) is 38.3 Å². The number of aromatic hydroxyl groups is 1. The summed E-state index contributed by atoms with van der Waals surface area (Å²) < 4.78 is 72.7. The van der Waals surface area contributed by atoms with Gasteiger partial charge in [-0.15, -0.1) is 10.2 Å². The molecule has 0 atom stereocenters. The van der Waals surface area contributed by atoms with E-state index in [1.54, 1.807) is 0 Å². The van der Waals surface area contributed by atoms with Gasteiger partial charge in [-0.3, -0.25) is 0 Å². The van der Waals surface area contributed by atoms with Crippen molar-refractivity contribution >= 4 is 42.4 Å². The average Bonchev–Trinajstić information content (AvgIpc) is 2.65. The molecule has 0 amide bonds. The van der Waals surface area contributed by atoms with Crippen molar-refractivity contribution in [3.05, 3.63) is 62.9 Å². The lowest BCUT2D eigenvalue weighted by Crippen LogP contribution is -2.02. The van der Waals surface area contributed by atoms with E-state index in [-0.39, 0.29) is 43.3 Å². The number of azo groups is 1. The van der Waals surface area contributed by atoms with Gasteiger partial charge in [0.1, 0.15) is 43.1 Å². The van der Waals surface area contributed by atoms with E-state index in [4.69, 9.17) is 4.74 Å². The predicted molar refractivity (Wildman–Crippen MR) is 116 cm³/mol. The van der Waals surface area contributed by atoms with Crippen LogP contribution in [0.25, 0.3) is 10.8 Å². The summed E-state index contributed by atoms with van der Waals surface area (Å²) in [5.41, 5.74) is 0.215. The van der Waals surface area contributed by atoms with Gasteiger partial charge in [-0.05, 0) is 42.1 Å². The summed E-state index contributed by atoms with van der Waals surface area (Å²) >= 11 is 0. The van der Waals surface area contributed by atoms with Crippen LogP contribution in [0.15, 0.2) is 62.5 Å². The molecule has 0 unspecified atom stereocenters. The highest BCUT2D eigenvalue weighted by Gasteiger charge is 2.14. The van der Waals surface area contributed by atoms with E-state index in [2.05, 4.69) is 10.2 Å². The Labute approximate surface area is 186 Å². The Morgan fingerprint density at radius 3 is 2.12 bits per heavy atom. The number of hydrogen-bond donors (Lipinski definition) is 1. The molecule has 12 heteroatoms. The number of ether oxygens (including phenoxy) is 1. The monoisotopic (exact) mass is 480 g/mol. The van der Waals surface area contributed by atoms with Gasteiger partial charge in [0, 0.05) is 26.3 Å². The zero-order valence-corrected chi connectivity index (χ0v) is 19.2. The first kappa shape index (κ1) is 26.7. The third-order valence-electron chi connectivity index (χ3n) is 4.23. The topological polar surface area (TPSA) is 169 Å². The molecule has 0 fully saturated rings. The molecular weight excluding hydrogens is 460 g/mol. The number of methoxy groups -OCH3 is 1. The van der Waals surface area contributed by atoms with Crippen LogP contribution in [0.4, 0.5) is 11.4 Å². The average molecular weight is 481 g/mol. The number of nitrogens with zero attached hydrogens (tertiary/aromatic N) is 2. The van der Waals surface area contributed by atoms with Crippen molar-refractivity contribution in [1.29, 1.82) is 0 Å². The maximum absolute atomic E-state index is 11.3. The van der Waals surface area contributed by atoms with Crippen LogP contribution in [0, 0.1) is 21.8 Å². The molecule has 3 aromatic rings. The van der Waals surface area contributed by atoms with Gasteiger partial charge in [-0.25, -0.2) is 16.8 Å². The minimum absolute atomic E-state index is 0. The number of fused-ring (bicyclic) bond motifs is 1. The lowest BCUT2D eigenvalue weighted by atomic mass is 10.1. The van der Waals surface area contributed by atoms with Gasteiger partial charge in [0.15, 0.2) is 0 Å². The first-order chi connectivity index (χ1) is 13.9. The number of aryl methyl sites for hydroxylation is 1. The van der Waals surface area contributed by atoms with Crippen LogP contribution >= 0.6 is 0 Å². The molecule has 0 heterocycles. The Kier molecular flexibility index (Phi) is 7.88. The van der Waals surface area contributed by atoms with Gasteiger partial charge in [-0.1, -0.05) is 12.1 Å². The third-order valence-corrected chi connectivity index (χ3v) is 6.04. The number of hydrogen-bond acceptors (Lipinski definition) is 10. The standard InChI is InChI=1S/C18H16N2O8S2.2CH3/c1-10-7-14(16(28-2)9-17(10)30(25,26)27)19-20-18-13-5-4-12(29(22,23)24)8-11(13)3-6-15(18)21;;/h3-9,21H,1-2H3,(H,22,23,24)(H,25,26,27);2*1H3/q;2*+1/p-2. The molecule has 0 radical (unpaired) electrons. The highest BCUT2D eigenvalue weighted by Crippen LogP contribution is 2.39. The zero-order chi connectivity index (χ0) is 22.3. The van der Waals surface area contributed by atoms with Gasteiger partial charge >= 0.3 is 0 Å². The van der Waals surface area contributed by atoms with Gasteiger partial charge in [0.05, 0.1) is 16.9 Å². The quantitative estimate of drug-likeness (QED) is 0.325. The maximum Gasteiger partial charge on any atom is 0.147 e.